The van der Waals surface area contributed by atoms with Crippen LogP contribution >= 0.6 is 11.8 Å². The van der Waals surface area contributed by atoms with E-state index in [4.69, 9.17) is 15.6 Å². The maximum atomic E-state index is 10.9. The maximum Gasteiger partial charge on any atom is 0.354 e. The Morgan fingerprint density at radius 1 is 1.32 bits per heavy atom. The lowest BCUT2D eigenvalue weighted by Gasteiger charge is -2.09. The van der Waals surface area contributed by atoms with Crippen LogP contribution in [0.2, 0.25) is 0 Å². The fraction of sp³-hybridized carbons (Fsp3) is 0.0769. The highest BCUT2D eigenvalue weighted by atomic mass is 32.2. The standard InChI is InChI=1S/C13H12N2O3S/c1-18-10-4-2-3-5-11(10)19-12-8(14)6-7-9(15-12)13(16)17/h2-7H,14H2,1H3,(H,16,17). The molecule has 0 amide bonds. The van der Waals surface area contributed by atoms with E-state index in [0.717, 1.165) is 4.90 Å². The lowest BCUT2D eigenvalue weighted by Crippen LogP contribution is -2.03. The molecule has 0 aliphatic rings. The van der Waals surface area contributed by atoms with Crippen LogP contribution in [0.5, 0.6) is 5.75 Å². The van der Waals surface area contributed by atoms with E-state index in [1.807, 2.05) is 24.3 Å². The Bertz CT molecular complexity index is 617. The number of aromatic carboxylic acids is 1. The zero-order valence-corrected chi connectivity index (χ0v) is 11.0. The van der Waals surface area contributed by atoms with Gasteiger partial charge < -0.3 is 15.6 Å². The Balaban J connectivity index is 2.37. The molecule has 6 heteroatoms. The highest BCUT2D eigenvalue weighted by Crippen LogP contribution is 2.36. The zero-order valence-electron chi connectivity index (χ0n) is 10.2. The molecule has 1 heterocycles. The van der Waals surface area contributed by atoms with Crippen LogP contribution in [-0.4, -0.2) is 23.2 Å². The summed E-state index contributed by atoms with van der Waals surface area (Å²) in [5, 5.41) is 9.38. The van der Waals surface area contributed by atoms with E-state index in [9.17, 15) is 4.79 Å². The lowest BCUT2D eigenvalue weighted by atomic mass is 10.3. The van der Waals surface area contributed by atoms with Crippen molar-refractivity contribution in [2.45, 2.75) is 9.92 Å². The predicted molar refractivity (Wildman–Crippen MR) is 72.7 cm³/mol. The van der Waals surface area contributed by atoms with Crippen LogP contribution in [-0.2, 0) is 0 Å². The average molecular weight is 276 g/mol. The molecular formula is C13H12N2O3S. The zero-order chi connectivity index (χ0) is 13.8. The molecule has 0 spiro atoms. The molecule has 0 aliphatic carbocycles. The first-order chi connectivity index (χ1) is 9.11. The van der Waals surface area contributed by atoms with Gasteiger partial charge in [0.2, 0.25) is 0 Å². The molecule has 2 aromatic rings. The highest BCUT2D eigenvalue weighted by molar-refractivity contribution is 7.99. The molecule has 1 aromatic carbocycles. The third-order valence-corrected chi connectivity index (χ3v) is 3.46. The monoisotopic (exact) mass is 276 g/mol. The van der Waals surface area contributed by atoms with Crippen molar-refractivity contribution in [1.82, 2.24) is 4.98 Å². The van der Waals surface area contributed by atoms with Crippen LogP contribution in [0.25, 0.3) is 0 Å². The van der Waals surface area contributed by atoms with E-state index in [1.165, 1.54) is 23.9 Å². The van der Waals surface area contributed by atoms with Crippen LogP contribution < -0.4 is 10.5 Å². The number of carbonyl (C=O) groups is 1. The molecule has 0 bridgehead atoms. The number of aromatic nitrogens is 1. The molecule has 0 saturated heterocycles. The number of nitrogens with two attached hydrogens (primary N) is 1. The first-order valence-electron chi connectivity index (χ1n) is 5.42. The summed E-state index contributed by atoms with van der Waals surface area (Å²) in [6, 6.07) is 10.3. The molecule has 1 aromatic heterocycles. The van der Waals surface area contributed by atoms with Gasteiger partial charge in [-0.25, -0.2) is 9.78 Å². The van der Waals surface area contributed by atoms with Crippen molar-refractivity contribution in [3.8, 4) is 5.75 Å². The van der Waals surface area contributed by atoms with Gasteiger partial charge in [-0.05, 0) is 24.3 Å². The minimum atomic E-state index is -1.08. The minimum absolute atomic E-state index is 0.0356. The van der Waals surface area contributed by atoms with E-state index in [0.29, 0.717) is 16.5 Å². The Hall–Kier alpha value is -2.21. The van der Waals surface area contributed by atoms with Crippen molar-refractivity contribution in [1.29, 1.82) is 0 Å². The van der Waals surface area contributed by atoms with Crippen molar-refractivity contribution < 1.29 is 14.6 Å². The van der Waals surface area contributed by atoms with Crippen LogP contribution in [0.3, 0.4) is 0 Å². The first-order valence-corrected chi connectivity index (χ1v) is 6.24. The van der Waals surface area contributed by atoms with E-state index in [-0.39, 0.29) is 5.69 Å². The van der Waals surface area contributed by atoms with Gasteiger partial charge in [0.1, 0.15) is 16.5 Å². The summed E-state index contributed by atoms with van der Waals surface area (Å²) in [6.45, 7) is 0. The van der Waals surface area contributed by atoms with Crippen molar-refractivity contribution in [3.05, 3.63) is 42.1 Å². The van der Waals surface area contributed by atoms with E-state index in [2.05, 4.69) is 4.98 Å². The molecule has 2 rings (SSSR count). The quantitative estimate of drug-likeness (QED) is 0.892. The number of ether oxygens (including phenoxy) is 1. The molecule has 0 unspecified atom stereocenters. The van der Waals surface area contributed by atoms with Gasteiger partial charge in [0.05, 0.1) is 17.7 Å². The van der Waals surface area contributed by atoms with Crippen LogP contribution in [0.4, 0.5) is 5.69 Å². The normalized spacial score (nSPS) is 10.2. The first kappa shape index (κ1) is 13.2. The summed E-state index contributed by atoms with van der Waals surface area (Å²) in [6.07, 6.45) is 0. The predicted octanol–water partition coefficient (Wildman–Crippen LogP) is 2.52. The summed E-state index contributed by atoms with van der Waals surface area (Å²) in [5.41, 5.74) is 6.21. The summed E-state index contributed by atoms with van der Waals surface area (Å²) in [4.78, 5) is 15.8. The van der Waals surface area contributed by atoms with Gasteiger partial charge in [-0.3, -0.25) is 0 Å². The van der Waals surface area contributed by atoms with E-state index in [1.54, 1.807) is 7.11 Å². The van der Waals surface area contributed by atoms with Crippen molar-refractivity contribution >= 4 is 23.4 Å². The Labute approximate surface area is 114 Å². The molecule has 0 radical (unpaired) electrons. The number of anilines is 1. The van der Waals surface area contributed by atoms with Gasteiger partial charge in [0.15, 0.2) is 0 Å². The molecule has 98 valence electrons. The van der Waals surface area contributed by atoms with Gasteiger partial charge in [0.25, 0.3) is 0 Å². The Morgan fingerprint density at radius 3 is 2.74 bits per heavy atom. The molecule has 0 fully saturated rings. The number of pyridine rings is 1. The number of benzene rings is 1. The molecule has 0 aliphatic heterocycles. The summed E-state index contributed by atoms with van der Waals surface area (Å²) >= 11 is 1.27. The number of para-hydroxylation sites is 1. The van der Waals surface area contributed by atoms with Crippen LogP contribution in [0, 0.1) is 0 Å². The number of carboxylic acid groups (broad SMARTS) is 1. The molecule has 5 nitrogen and oxygen atoms in total. The number of nitrogen functional groups attached to an aromatic ring is 1. The average Bonchev–Trinajstić information content (AvgIpc) is 2.41. The fourth-order valence-electron chi connectivity index (χ4n) is 1.46. The molecular weight excluding hydrogens is 264 g/mol. The number of hydrogen-bond acceptors (Lipinski definition) is 5. The molecule has 0 atom stereocenters. The Morgan fingerprint density at radius 2 is 2.05 bits per heavy atom. The maximum absolute atomic E-state index is 10.9. The van der Waals surface area contributed by atoms with Crippen LogP contribution in [0.1, 0.15) is 10.5 Å². The topological polar surface area (TPSA) is 85.4 Å². The molecule has 19 heavy (non-hydrogen) atoms. The van der Waals surface area contributed by atoms with Gasteiger partial charge in [0, 0.05) is 0 Å². The fourth-order valence-corrected chi connectivity index (χ4v) is 2.40. The van der Waals surface area contributed by atoms with Crippen LogP contribution in [0.15, 0.2) is 46.3 Å². The van der Waals surface area contributed by atoms with Gasteiger partial charge in [-0.2, -0.15) is 0 Å². The Kier molecular flexibility index (Phi) is 3.91. The number of carboxylic acids is 1. The molecule has 0 saturated carbocycles. The van der Waals surface area contributed by atoms with Gasteiger partial charge in [-0.15, -0.1) is 0 Å². The number of nitrogens with zero attached hydrogens (tertiary/aromatic N) is 1. The summed E-state index contributed by atoms with van der Waals surface area (Å²) < 4.78 is 5.23. The van der Waals surface area contributed by atoms with Crippen molar-refractivity contribution in [2.75, 3.05) is 12.8 Å². The second-order valence-corrected chi connectivity index (χ2v) is 4.68. The second kappa shape index (κ2) is 5.62. The highest BCUT2D eigenvalue weighted by Gasteiger charge is 2.12. The van der Waals surface area contributed by atoms with Crippen molar-refractivity contribution in [2.24, 2.45) is 0 Å². The van der Waals surface area contributed by atoms with E-state index < -0.39 is 5.97 Å². The number of hydrogen-bond donors (Lipinski definition) is 2. The van der Waals surface area contributed by atoms with E-state index >= 15 is 0 Å². The SMILES string of the molecule is COc1ccccc1Sc1nc(C(=O)O)ccc1N. The minimum Gasteiger partial charge on any atom is -0.496 e. The number of methoxy groups -OCH3 is 1. The largest absolute Gasteiger partial charge is 0.496 e. The lowest BCUT2D eigenvalue weighted by molar-refractivity contribution is 0.0690. The third kappa shape index (κ3) is 2.97. The summed E-state index contributed by atoms with van der Waals surface area (Å²) in [5.74, 6) is -0.392. The smallest absolute Gasteiger partial charge is 0.354 e. The van der Waals surface area contributed by atoms with Gasteiger partial charge in [-0.1, -0.05) is 23.9 Å². The third-order valence-electron chi connectivity index (χ3n) is 2.38. The summed E-state index contributed by atoms with van der Waals surface area (Å²) in [7, 11) is 1.57. The molecule has 3 N–H and O–H groups in total. The second-order valence-electron chi connectivity index (χ2n) is 3.65. The number of rotatable bonds is 4. The van der Waals surface area contributed by atoms with Gasteiger partial charge >= 0.3 is 5.97 Å². The van der Waals surface area contributed by atoms with Crippen molar-refractivity contribution in [3.63, 3.8) is 0 Å².